The first-order valence-corrected chi connectivity index (χ1v) is 10.7. The zero-order valence-corrected chi connectivity index (χ0v) is 18.1. The highest BCUT2D eigenvalue weighted by molar-refractivity contribution is 6.33. The molecule has 0 aliphatic carbocycles. The fraction of sp³-hybridized carbons (Fsp3) is 0.619. The number of hydrogen-bond donors (Lipinski definition) is 2. The number of anilines is 2. The summed E-state index contributed by atoms with van der Waals surface area (Å²) in [5.74, 6) is 0.149. The lowest BCUT2D eigenvalue weighted by atomic mass is 10.0. The van der Waals surface area contributed by atoms with Crippen LogP contribution in [0, 0.1) is 5.41 Å². The normalized spacial score (nSPS) is 20.4. The molecule has 2 saturated heterocycles. The number of piperidine rings is 1. The van der Waals surface area contributed by atoms with E-state index in [0.29, 0.717) is 6.04 Å². The first-order valence-electron chi connectivity index (χ1n) is 10.3. The van der Waals surface area contributed by atoms with Crippen molar-refractivity contribution in [3.63, 3.8) is 0 Å². The Morgan fingerprint density at radius 2 is 1.86 bits per heavy atom. The van der Waals surface area contributed by atoms with Gasteiger partial charge in [-0.2, -0.15) is 0 Å². The van der Waals surface area contributed by atoms with E-state index in [-0.39, 0.29) is 5.96 Å². The van der Waals surface area contributed by atoms with Crippen molar-refractivity contribution in [2.24, 2.45) is 4.99 Å². The van der Waals surface area contributed by atoms with Crippen molar-refractivity contribution in [1.82, 2.24) is 9.80 Å². The van der Waals surface area contributed by atoms with Crippen LogP contribution in [-0.4, -0.2) is 73.8 Å². The summed E-state index contributed by atoms with van der Waals surface area (Å²) < 4.78 is 0. The zero-order chi connectivity index (χ0) is 20.1. The van der Waals surface area contributed by atoms with Gasteiger partial charge in [-0.25, -0.2) is 4.99 Å². The van der Waals surface area contributed by atoms with Crippen LogP contribution >= 0.6 is 11.6 Å². The zero-order valence-electron chi connectivity index (χ0n) is 17.3. The molecule has 2 heterocycles. The van der Waals surface area contributed by atoms with Crippen LogP contribution in [0.5, 0.6) is 0 Å². The topological polar surface area (TPSA) is 58.0 Å². The minimum Gasteiger partial charge on any atom is -0.370 e. The summed E-state index contributed by atoms with van der Waals surface area (Å²) >= 11 is 6.58. The predicted octanol–water partition coefficient (Wildman–Crippen LogP) is 3.77. The van der Waals surface area contributed by atoms with Gasteiger partial charge in [0, 0.05) is 56.7 Å². The number of nitrogens with zero attached hydrogens (tertiary/aromatic N) is 4. The molecule has 1 aromatic carbocycles. The molecule has 2 fully saturated rings. The Labute approximate surface area is 174 Å². The highest BCUT2D eigenvalue weighted by Crippen LogP contribution is 2.31. The highest BCUT2D eigenvalue weighted by Gasteiger charge is 2.27. The molecule has 2 aliphatic heterocycles. The number of likely N-dealkylation sites (N-methyl/N-ethyl adjacent to an activating group) is 1. The first kappa shape index (κ1) is 21.1. The molecular formula is C21H33ClN6. The summed E-state index contributed by atoms with van der Waals surface area (Å²) in [6.07, 6.45) is 3.22. The summed E-state index contributed by atoms with van der Waals surface area (Å²) in [6, 6.07) is 6.64. The number of rotatable bonds is 4. The second-order valence-electron chi connectivity index (χ2n) is 7.90. The molecule has 0 aromatic heterocycles. The molecule has 3 rings (SSSR count). The summed E-state index contributed by atoms with van der Waals surface area (Å²) in [4.78, 5) is 11.7. The Balaban J connectivity index is 1.55. The number of guanidine groups is 1. The van der Waals surface area contributed by atoms with Crippen molar-refractivity contribution >= 4 is 34.6 Å². The standard InChI is InChI=1S/C21H33ClN6/c1-4-16(2)24-21(23)25-17-5-6-20(19(22)15-17)28-9-7-18(8-10-28)27-13-11-26(3)12-14-27/h5-6,15,18H,4,7-14H2,1-3H3,(H2,23,25)/b24-16+. The van der Waals surface area contributed by atoms with Gasteiger partial charge >= 0.3 is 0 Å². The van der Waals surface area contributed by atoms with E-state index < -0.39 is 0 Å². The lowest BCUT2D eigenvalue weighted by Gasteiger charge is -2.42. The van der Waals surface area contributed by atoms with Crippen LogP contribution in [0.2, 0.25) is 5.02 Å². The van der Waals surface area contributed by atoms with Gasteiger partial charge in [-0.15, -0.1) is 0 Å². The Morgan fingerprint density at radius 1 is 1.18 bits per heavy atom. The molecule has 0 atom stereocenters. The van der Waals surface area contributed by atoms with Crippen molar-refractivity contribution in [3.05, 3.63) is 23.2 Å². The van der Waals surface area contributed by atoms with E-state index in [1.54, 1.807) is 0 Å². The molecule has 0 bridgehead atoms. The van der Waals surface area contributed by atoms with Crippen LogP contribution in [0.15, 0.2) is 23.2 Å². The predicted molar refractivity (Wildman–Crippen MR) is 121 cm³/mol. The maximum Gasteiger partial charge on any atom is 0.219 e. The molecule has 6 nitrogen and oxygen atoms in total. The third-order valence-electron chi connectivity index (χ3n) is 5.88. The van der Waals surface area contributed by atoms with Gasteiger partial charge in [0.05, 0.1) is 10.7 Å². The van der Waals surface area contributed by atoms with Crippen LogP contribution in [0.4, 0.5) is 11.4 Å². The molecule has 1 aromatic rings. The molecule has 7 heteroatoms. The fourth-order valence-electron chi connectivity index (χ4n) is 3.93. The summed E-state index contributed by atoms with van der Waals surface area (Å²) in [5, 5.41) is 11.7. The molecule has 0 saturated carbocycles. The van der Waals surface area contributed by atoms with Gasteiger partial charge in [0.1, 0.15) is 0 Å². The number of hydrogen-bond acceptors (Lipinski definition) is 4. The van der Waals surface area contributed by atoms with Crippen molar-refractivity contribution < 1.29 is 0 Å². The molecule has 2 aliphatic rings. The molecule has 0 spiro atoms. The summed E-state index contributed by atoms with van der Waals surface area (Å²) in [7, 11) is 2.21. The lowest BCUT2D eigenvalue weighted by molar-refractivity contribution is 0.0982. The van der Waals surface area contributed by atoms with E-state index in [9.17, 15) is 0 Å². The van der Waals surface area contributed by atoms with Gasteiger partial charge in [0.15, 0.2) is 0 Å². The van der Waals surface area contributed by atoms with Gasteiger partial charge < -0.3 is 15.1 Å². The lowest BCUT2D eigenvalue weighted by Crippen LogP contribution is -2.52. The van der Waals surface area contributed by atoms with Crippen molar-refractivity contribution in [3.8, 4) is 0 Å². The van der Waals surface area contributed by atoms with E-state index in [1.165, 1.54) is 39.0 Å². The van der Waals surface area contributed by atoms with E-state index in [0.717, 1.165) is 41.6 Å². The Bertz CT molecular complexity index is 703. The monoisotopic (exact) mass is 404 g/mol. The highest BCUT2D eigenvalue weighted by atomic mass is 35.5. The average molecular weight is 405 g/mol. The van der Waals surface area contributed by atoms with Crippen LogP contribution in [0.25, 0.3) is 0 Å². The Morgan fingerprint density at radius 3 is 2.46 bits per heavy atom. The van der Waals surface area contributed by atoms with Gasteiger partial charge in [-0.05, 0) is 51.4 Å². The molecular weight excluding hydrogens is 372 g/mol. The minimum absolute atomic E-state index is 0.149. The smallest absolute Gasteiger partial charge is 0.219 e. The molecule has 154 valence electrons. The number of halogens is 1. The van der Waals surface area contributed by atoms with Crippen molar-refractivity contribution in [2.45, 2.75) is 39.2 Å². The largest absolute Gasteiger partial charge is 0.370 e. The minimum atomic E-state index is 0.149. The maximum absolute atomic E-state index is 7.95. The Hall–Kier alpha value is -1.63. The number of piperazine rings is 1. The van der Waals surface area contributed by atoms with Crippen molar-refractivity contribution in [1.29, 1.82) is 5.41 Å². The van der Waals surface area contributed by atoms with Gasteiger partial charge in [0.25, 0.3) is 0 Å². The Kier molecular flexibility index (Phi) is 7.32. The molecule has 0 radical (unpaired) electrons. The van der Waals surface area contributed by atoms with Gasteiger partial charge in [0.2, 0.25) is 5.96 Å². The number of benzene rings is 1. The van der Waals surface area contributed by atoms with Crippen LogP contribution in [-0.2, 0) is 0 Å². The van der Waals surface area contributed by atoms with Gasteiger partial charge in [-0.3, -0.25) is 10.3 Å². The molecule has 0 amide bonds. The van der Waals surface area contributed by atoms with E-state index in [2.05, 4.69) is 38.1 Å². The average Bonchev–Trinajstić information content (AvgIpc) is 2.69. The van der Waals surface area contributed by atoms with Crippen LogP contribution in [0.1, 0.15) is 33.1 Å². The molecule has 0 unspecified atom stereocenters. The summed E-state index contributed by atoms with van der Waals surface area (Å²) in [5.41, 5.74) is 2.82. The van der Waals surface area contributed by atoms with E-state index in [4.69, 9.17) is 17.0 Å². The van der Waals surface area contributed by atoms with Crippen LogP contribution < -0.4 is 10.2 Å². The fourth-order valence-corrected chi connectivity index (χ4v) is 4.23. The third-order valence-corrected chi connectivity index (χ3v) is 6.19. The number of nitrogens with one attached hydrogen (secondary N) is 2. The second-order valence-corrected chi connectivity index (χ2v) is 8.31. The van der Waals surface area contributed by atoms with Crippen molar-refractivity contribution in [2.75, 3.05) is 56.5 Å². The second kappa shape index (κ2) is 9.72. The SMILES string of the molecule is CC/C(C)=N/C(=N)Nc1ccc(N2CCC(N3CCN(C)CC3)CC2)c(Cl)c1. The van der Waals surface area contributed by atoms with Crippen LogP contribution in [0.3, 0.4) is 0 Å². The maximum atomic E-state index is 7.95. The van der Waals surface area contributed by atoms with Gasteiger partial charge in [-0.1, -0.05) is 18.5 Å². The first-order chi connectivity index (χ1) is 13.5. The van der Waals surface area contributed by atoms with E-state index >= 15 is 0 Å². The third kappa shape index (κ3) is 5.46. The number of aliphatic imine (C=N–C) groups is 1. The quantitative estimate of drug-likeness (QED) is 0.592. The molecule has 28 heavy (non-hydrogen) atoms. The summed E-state index contributed by atoms with van der Waals surface area (Å²) in [6.45, 7) is 10.8. The molecule has 2 N–H and O–H groups in total. The van der Waals surface area contributed by atoms with E-state index in [1.807, 2.05) is 26.0 Å².